The summed E-state index contributed by atoms with van der Waals surface area (Å²) in [6, 6.07) is 7.60. The summed E-state index contributed by atoms with van der Waals surface area (Å²) >= 11 is 3.32. The maximum absolute atomic E-state index is 9.66. The number of hydrogen-bond donors (Lipinski definition) is 1. The second-order valence-electron chi connectivity index (χ2n) is 4.24. The topological polar surface area (TPSA) is 59.7 Å². The third-order valence-corrected chi connectivity index (χ3v) is 3.48. The first kappa shape index (κ1) is 13.1. The van der Waals surface area contributed by atoms with Crippen LogP contribution in [0.3, 0.4) is 0 Å². The van der Waals surface area contributed by atoms with Crippen molar-refractivity contribution in [2.75, 3.05) is 7.11 Å². The van der Waals surface area contributed by atoms with Crippen LogP contribution in [0.15, 0.2) is 41.3 Å². The van der Waals surface area contributed by atoms with Crippen LogP contribution < -0.4 is 4.74 Å². The number of aliphatic hydroxyl groups excluding tert-OH is 1. The van der Waals surface area contributed by atoms with E-state index in [4.69, 9.17) is 4.74 Å². The van der Waals surface area contributed by atoms with Crippen molar-refractivity contribution in [3.05, 3.63) is 47.0 Å². The fourth-order valence-corrected chi connectivity index (χ4v) is 2.44. The minimum absolute atomic E-state index is 0.107. The smallest absolute Gasteiger partial charge is 0.156 e. The molecule has 2 aromatic heterocycles. The zero-order valence-corrected chi connectivity index (χ0v) is 12.3. The van der Waals surface area contributed by atoms with E-state index in [1.165, 1.54) is 0 Å². The first-order chi connectivity index (χ1) is 9.72. The van der Waals surface area contributed by atoms with Gasteiger partial charge in [0.2, 0.25) is 0 Å². The number of rotatable bonds is 3. The monoisotopic (exact) mass is 333 g/mol. The van der Waals surface area contributed by atoms with Crippen LogP contribution in [0.2, 0.25) is 0 Å². The molecule has 0 aliphatic carbocycles. The molecule has 5 nitrogen and oxygen atoms in total. The van der Waals surface area contributed by atoms with Gasteiger partial charge < -0.3 is 9.84 Å². The normalized spacial score (nSPS) is 10.9. The van der Waals surface area contributed by atoms with Gasteiger partial charge in [0, 0.05) is 11.8 Å². The Labute approximate surface area is 124 Å². The molecule has 0 unspecified atom stereocenters. The highest BCUT2D eigenvalue weighted by Gasteiger charge is 2.14. The number of fused-ring (bicyclic) bond motifs is 1. The van der Waals surface area contributed by atoms with Crippen molar-refractivity contribution >= 4 is 21.6 Å². The van der Waals surface area contributed by atoms with Crippen molar-refractivity contribution in [1.82, 2.24) is 14.4 Å². The summed E-state index contributed by atoms with van der Waals surface area (Å²) in [7, 11) is 1.62. The van der Waals surface area contributed by atoms with E-state index in [0.29, 0.717) is 10.3 Å². The molecule has 1 aromatic carbocycles. The fraction of sp³-hybridized carbons (Fsp3) is 0.143. The second kappa shape index (κ2) is 5.22. The highest BCUT2D eigenvalue weighted by atomic mass is 79.9. The molecule has 0 aliphatic rings. The van der Waals surface area contributed by atoms with Crippen LogP contribution in [0.5, 0.6) is 5.75 Å². The van der Waals surface area contributed by atoms with E-state index >= 15 is 0 Å². The van der Waals surface area contributed by atoms with Gasteiger partial charge >= 0.3 is 0 Å². The Kier molecular flexibility index (Phi) is 3.42. The van der Waals surface area contributed by atoms with Crippen LogP contribution in [0, 0.1) is 0 Å². The number of halogens is 1. The Morgan fingerprint density at radius 2 is 2.25 bits per heavy atom. The van der Waals surface area contributed by atoms with Gasteiger partial charge in [0.15, 0.2) is 5.65 Å². The Balaban J connectivity index is 2.24. The average molecular weight is 334 g/mol. The predicted octanol–water partition coefficient (Wildman–Crippen LogP) is 2.66. The molecule has 0 bridgehead atoms. The lowest BCUT2D eigenvalue weighted by molar-refractivity contribution is 0.276. The molecule has 3 rings (SSSR count). The number of nitrogens with zero attached hydrogens (tertiary/aromatic N) is 3. The molecule has 0 radical (unpaired) electrons. The van der Waals surface area contributed by atoms with Gasteiger partial charge in [-0.15, -0.1) is 0 Å². The predicted molar refractivity (Wildman–Crippen MR) is 78.6 cm³/mol. The molecule has 0 atom stereocenters. The van der Waals surface area contributed by atoms with Crippen LogP contribution in [0.25, 0.3) is 16.9 Å². The van der Waals surface area contributed by atoms with Gasteiger partial charge in [-0.05, 0) is 28.1 Å². The molecule has 0 amide bonds. The van der Waals surface area contributed by atoms with E-state index in [1.807, 2.05) is 28.7 Å². The molecular weight excluding hydrogens is 322 g/mol. The zero-order valence-electron chi connectivity index (χ0n) is 10.7. The Bertz CT molecular complexity index is 770. The van der Waals surface area contributed by atoms with Gasteiger partial charge in [-0.3, -0.25) is 4.40 Å². The quantitative estimate of drug-likeness (QED) is 0.800. The van der Waals surface area contributed by atoms with Gasteiger partial charge in [-0.25, -0.2) is 9.97 Å². The third-order valence-electron chi connectivity index (χ3n) is 3.07. The minimum atomic E-state index is -0.107. The number of benzene rings is 1. The lowest BCUT2D eigenvalue weighted by Crippen LogP contribution is -1.95. The summed E-state index contributed by atoms with van der Waals surface area (Å²) in [6.07, 6.45) is 3.45. The lowest BCUT2D eigenvalue weighted by Gasteiger charge is -2.04. The van der Waals surface area contributed by atoms with Crippen LogP contribution in [0.4, 0.5) is 0 Å². The molecule has 0 spiro atoms. The summed E-state index contributed by atoms with van der Waals surface area (Å²) < 4.78 is 7.74. The van der Waals surface area contributed by atoms with Crippen LogP contribution in [-0.4, -0.2) is 26.6 Å². The molecule has 6 heteroatoms. The van der Waals surface area contributed by atoms with Gasteiger partial charge in [0.05, 0.1) is 31.3 Å². The Hall–Kier alpha value is -1.92. The molecule has 0 aliphatic heterocycles. The average Bonchev–Trinajstić information content (AvgIpc) is 2.85. The van der Waals surface area contributed by atoms with E-state index in [0.717, 1.165) is 22.7 Å². The summed E-state index contributed by atoms with van der Waals surface area (Å²) in [5.74, 6) is 0.753. The van der Waals surface area contributed by atoms with Crippen molar-refractivity contribution in [2.24, 2.45) is 0 Å². The lowest BCUT2D eigenvalue weighted by atomic mass is 10.1. The standard InChI is InChI=1S/C14H12BrN3O2/c1-20-10-4-2-3-9(5-10)14-11(8-19)18-7-12(15)16-6-13(18)17-14/h2-7,19H,8H2,1H3. The summed E-state index contributed by atoms with van der Waals surface area (Å²) in [4.78, 5) is 8.68. The Morgan fingerprint density at radius 3 is 3.00 bits per heavy atom. The first-order valence-corrected chi connectivity index (χ1v) is 6.80. The Morgan fingerprint density at radius 1 is 1.40 bits per heavy atom. The van der Waals surface area contributed by atoms with Crippen molar-refractivity contribution < 1.29 is 9.84 Å². The van der Waals surface area contributed by atoms with E-state index in [2.05, 4.69) is 25.9 Å². The van der Waals surface area contributed by atoms with Gasteiger partial charge in [-0.2, -0.15) is 0 Å². The van der Waals surface area contributed by atoms with Crippen molar-refractivity contribution in [2.45, 2.75) is 6.61 Å². The van der Waals surface area contributed by atoms with E-state index in [1.54, 1.807) is 19.5 Å². The number of methoxy groups -OCH3 is 1. The van der Waals surface area contributed by atoms with E-state index in [9.17, 15) is 5.11 Å². The summed E-state index contributed by atoms with van der Waals surface area (Å²) in [5, 5.41) is 9.66. The van der Waals surface area contributed by atoms with Gasteiger partial charge in [0.25, 0.3) is 0 Å². The van der Waals surface area contributed by atoms with E-state index in [-0.39, 0.29) is 6.61 Å². The molecule has 1 N–H and O–H groups in total. The van der Waals surface area contributed by atoms with Crippen LogP contribution in [0.1, 0.15) is 5.69 Å². The maximum atomic E-state index is 9.66. The molecule has 102 valence electrons. The summed E-state index contributed by atoms with van der Waals surface area (Å²) in [5.41, 5.74) is 3.03. The van der Waals surface area contributed by atoms with Crippen molar-refractivity contribution in [3.8, 4) is 17.0 Å². The molecule has 0 saturated carbocycles. The SMILES string of the molecule is COc1cccc(-c2nc3cnc(Br)cn3c2CO)c1. The van der Waals surface area contributed by atoms with Crippen molar-refractivity contribution in [3.63, 3.8) is 0 Å². The summed E-state index contributed by atoms with van der Waals surface area (Å²) in [6.45, 7) is -0.107. The minimum Gasteiger partial charge on any atom is -0.497 e. The number of aliphatic hydroxyl groups is 1. The molecular formula is C14H12BrN3O2. The fourth-order valence-electron chi connectivity index (χ4n) is 2.13. The van der Waals surface area contributed by atoms with Crippen LogP contribution in [-0.2, 0) is 6.61 Å². The molecule has 0 fully saturated rings. The molecule has 3 aromatic rings. The largest absolute Gasteiger partial charge is 0.497 e. The van der Waals surface area contributed by atoms with Gasteiger partial charge in [0.1, 0.15) is 10.4 Å². The number of hydrogen-bond acceptors (Lipinski definition) is 4. The highest BCUT2D eigenvalue weighted by Crippen LogP contribution is 2.27. The van der Waals surface area contributed by atoms with E-state index < -0.39 is 0 Å². The first-order valence-electron chi connectivity index (χ1n) is 6.00. The highest BCUT2D eigenvalue weighted by molar-refractivity contribution is 9.10. The zero-order chi connectivity index (χ0) is 14.1. The second-order valence-corrected chi connectivity index (χ2v) is 5.05. The van der Waals surface area contributed by atoms with Crippen molar-refractivity contribution in [1.29, 1.82) is 0 Å². The third kappa shape index (κ3) is 2.17. The van der Waals surface area contributed by atoms with Gasteiger partial charge in [-0.1, -0.05) is 12.1 Å². The number of ether oxygens (including phenoxy) is 1. The number of aromatic nitrogens is 3. The number of imidazole rings is 1. The van der Waals surface area contributed by atoms with Crippen LogP contribution >= 0.6 is 15.9 Å². The maximum Gasteiger partial charge on any atom is 0.156 e. The molecule has 2 heterocycles. The molecule has 0 saturated heterocycles. The molecule has 20 heavy (non-hydrogen) atoms.